The lowest BCUT2D eigenvalue weighted by Gasteiger charge is -2.05. The summed E-state index contributed by atoms with van der Waals surface area (Å²) in [5, 5.41) is 3.63. The van der Waals surface area contributed by atoms with E-state index in [4.69, 9.17) is 16.0 Å². The highest BCUT2D eigenvalue weighted by Crippen LogP contribution is 2.24. The van der Waals surface area contributed by atoms with E-state index >= 15 is 0 Å². The number of carbonyl (C=O) groups is 1. The van der Waals surface area contributed by atoms with E-state index in [2.05, 4.69) is 15.3 Å². The molecule has 0 aliphatic carbocycles. The van der Waals surface area contributed by atoms with Crippen molar-refractivity contribution in [1.82, 2.24) is 15.3 Å². The van der Waals surface area contributed by atoms with Crippen LogP contribution in [0.3, 0.4) is 0 Å². The summed E-state index contributed by atoms with van der Waals surface area (Å²) in [6, 6.07) is 16.5. The van der Waals surface area contributed by atoms with Crippen LogP contribution in [0.1, 0.15) is 15.9 Å². The zero-order valence-corrected chi connectivity index (χ0v) is 15.1. The molecule has 1 N–H and O–H groups in total. The Morgan fingerprint density at radius 1 is 1.11 bits per heavy atom. The molecule has 134 valence electrons. The number of hydrogen-bond donors (Lipinski definition) is 1. The predicted octanol–water partition coefficient (Wildman–Crippen LogP) is 4.52. The van der Waals surface area contributed by atoms with Crippen molar-refractivity contribution in [3.05, 3.63) is 83.1 Å². The molecule has 1 amide bonds. The van der Waals surface area contributed by atoms with Gasteiger partial charge < -0.3 is 9.73 Å². The average molecular weight is 378 g/mol. The molecule has 0 aliphatic rings. The molecule has 2 heterocycles. The normalized spacial score (nSPS) is 10.9. The molecule has 5 nitrogen and oxygen atoms in total. The Labute approximate surface area is 161 Å². The van der Waals surface area contributed by atoms with E-state index in [1.54, 1.807) is 30.6 Å². The van der Waals surface area contributed by atoms with Crippen molar-refractivity contribution in [1.29, 1.82) is 0 Å². The summed E-state index contributed by atoms with van der Waals surface area (Å²) in [7, 11) is 0. The smallest absolute Gasteiger partial charge is 0.251 e. The molecule has 4 rings (SSSR count). The molecular formula is C21H16ClN3O2. The first-order chi connectivity index (χ1) is 13.2. The van der Waals surface area contributed by atoms with Gasteiger partial charge in [0.15, 0.2) is 5.58 Å². The number of nitrogens with one attached hydrogen (secondary N) is 1. The molecule has 0 spiro atoms. The van der Waals surface area contributed by atoms with Crippen molar-refractivity contribution in [3.63, 3.8) is 0 Å². The maximum Gasteiger partial charge on any atom is 0.251 e. The van der Waals surface area contributed by atoms with Crippen LogP contribution in [-0.2, 0) is 6.42 Å². The lowest BCUT2D eigenvalue weighted by Crippen LogP contribution is -2.25. The number of hydrogen-bond acceptors (Lipinski definition) is 4. The molecule has 6 heteroatoms. The van der Waals surface area contributed by atoms with E-state index in [0.29, 0.717) is 34.1 Å². The molecule has 0 saturated heterocycles. The minimum absolute atomic E-state index is 0.142. The van der Waals surface area contributed by atoms with Gasteiger partial charge in [-0.2, -0.15) is 0 Å². The number of nitrogens with zero attached hydrogens (tertiary/aromatic N) is 2. The van der Waals surface area contributed by atoms with Crippen LogP contribution in [-0.4, -0.2) is 22.4 Å². The summed E-state index contributed by atoms with van der Waals surface area (Å²) in [4.78, 5) is 20.9. The third-order valence-electron chi connectivity index (χ3n) is 4.17. The van der Waals surface area contributed by atoms with E-state index in [0.717, 1.165) is 17.5 Å². The molecule has 0 saturated carbocycles. The van der Waals surface area contributed by atoms with E-state index in [1.165, 1.54) is 0 Å². The van der Waals surface area contributed by atoms with Crippen LogP contribution in [0.4, 0.5) is 0 Å². The monoisotopic (exact) mass is 377 g/mol. The van der Waals surface area contributed by atoms with Gasteiger partial charge in [0.05, 0.1) is 5.56 Å². The number of carbonyl (C=O) groups excluding carboxylic acids is 1. The molecule has 2 aromatic heterocycles. The van der Waals surface area contributed by atoms with Crippen molar-refractivity contribution in [3.8, 4) is 11.5 Å². The van der Waals surface area contributed by atoms with Crippen molar-refractivity contribution in [2.45, 2.75) is 6.42 Å². The van der Waals surface area contributed by atoms with Gasteiger partial charge in [0.25, 0.3) is 5.91 Å². The number of oxazole rings is 1. The Bertz CT molecular complexity index is 1080. The zero-order valence-electron chi connectivity index (χ0n) is 14.4. The highest BCUT2D eigenvalue weighted by atomic mass is 35.5. The van der Waals surface area contributed by atoms with E-state index in [-0.39, 0.29) is 5.91 Å². The Kier molecular flexibility index (Phi) is 4.85. The molecule has 0 unspecified atom stereocenters. The summed E-state index contributed by atoms with van der Waals surface area (Å²) < 4.78 is 5.74. The Morgan fingerprint density at radius 2 is 1.96 bits per heavy atom. The highest BCUT2D eigenvalue weighted by Gasteiger charge is 2.12. The fourth-order valence-electron chi connectivity index (χ4n) is 2.75. The third-order valence-corrected chi connectivity index (χ3v) is 4.42. The van der Waals surface area contributed by atoms with Crippen LogP contribution in [0.15, 0.2) is 71.4 Å². The van der Waals surface area contributed by atoms with Crippen LogP contribution in [0.2, 0.25) is 5.02 Å². The van der Waals surface area contributed by atoms with Crippen LogP contribution in [0, 0.1) is 0 Å². The van der Waals surface area contributed by atoms with E-state index < -0.39 is 0 Å². The van der Waals surface area contributed by atoms with Crippen LogP contribution in [0.25, 0.3) is 22.6 Å². The second-order valence-corrected chi connectivity index (χ2v) is 6.51. The molecule has 27 heavy (non-hydrogen) atoms. The van der Waals surface area contributed by atoms with Crippen molar-refractivity contribution < 1.29 is 9.21 Å². The standard InChI is InChI=1S/C21H16ClN3O2/c22-17-6-3-14(4-7-17)9-11-24-20(26)15-5-8-19-18(12-15)25-21(27-19)16-2-1-10-23-13-16/h1-8,10,12-13H,9,11H2,(H,24,26). The largest absolute Gasteiger partial charge is 0.436 e. The maximum atomic E-state index is 12.4. The minimum Gasteiger partial charge on any atom is -0.436 e. The van der Waals surface area contributed by atoms with Gasteiger partial charge in [0, 0.05) is 29.5 Å². The molecular weight excluding hydrogens is 362 g/mol. The Balaban J connectivity index is 1.45. The first kappa shape index (κ1) is 17.2. The first-order valence-electron chi connectivity index (χ1n) is 8.53. The topological polar surface area (TPSA) is 68.0 Å². The van der Waals surface area contributed by atoms with Gasteiger partial charge in [-0.15, -0.1) is 0 Å². The van der Waals surface area contributed by atoms with Gasteiger partial charge in [-0.25, -0.2) is 4.98 Å². The maximum absolute atomic E-state index is 12.4. The van der Waals surface area contributed by atoms with Gasteiger partial charge in [-0.1, -0.05) is 23.7 Å². The predicted molar refractivity (Wildman–Crippen MR) is 105 cm³/mol. The molecule has 0 radical (unpaired) electrons. The van der Waals surface area contributed by atoms with Crippen LogP contribution >= 0.6 is 11.6 Å². The van der Waals surface area contributed by atoms with Crippen molar-refractivity contribution in [2.24, 2.45) is 0 Å². The van der Waals surface area contributed by atoms with Crippen molar-refractivity contribution >= 4 is 28.6 Å². The van der Waals surface area contributed by atoms with Crippen LogP contribution < -0.4 is 5.32 Å². The molecule has 0 bridgehead atoms. The Hall–Kier alpha value is -3.18. The number of halogens is 1. The van der Waals surface area contributed by atoms with Gasteiger partial charge in [-0.3, -0.25) is 9.78 Å². The number of benzene rings is 2. The van der Waals surface area contributed by atoms with E-state index in [1.807, 2.05) is 36.4 Å². The number of amides is 1. The van der Waals surface area contributed by atoms with Gasteiger partial charge in [0.2, 0.25) is 5.89 Å². The lowest BCUT2D eigenvalue weighted by molar-refractivity contribution is 0.0954. The number of aromatic nitrogens is 2. The van der Waals surface area contributed by atoms with Gasteiger partial charge in [-0.05, 0) is 54.4 Å². The molecule has 0 atom stereocenters. The lowest BCUT2D eigenvalue weighted by atomic mass is 10.1. The SMILES string of the molecule is O=C(NCCc1ccc(Cl)cc1)c1ccc2oc(-c3cccnc3)nc2c1. The summed E-state index contributed by atoms with van der Waals surface area (Å²) >= 11 is 5.88. The second-order valence-electron chi connectivity index (χ2n) is 6.08. The zero-order chi connectivity index (χ0) is 18.6. The summed E-state index contributed by atoms with van der Waals surface area (Å²) in [6.45, 7) is 0.540. The van der Waals surface area contributed by atoms with Crippen molar-refractivity contribution in [2.75, 3.05) is 6.54 Å². The molecule has 2 aromatic carbocycles. The van der Waals surface area contributed by atoms with Crippen LogP contribution in [0.5, 0.6) is 0 Å². The molecule has 0 fully saturated rings. The Morgan fingerprint density at radius 3 is 2.74 bits per heavy atom. The fourth-order valence-corrected chi connectivity index (χ4v) is 2.88. The molecule has 4 aromatic rings. The number of pyridine rings is 1. The van der Waals surface area contributed by atoms with Gasteiger partial charge in [0.1, 0.15) is 5.52 Å². The minimum atomic E-state index is -0.142. The third kappa shape index (κ3) is 3.99. The number of rotatable bonds is 5. The summed E-state index contributed by atoms with van der Waals surface area (Å²) in [6.07, 6.45) is 4.12. The van der Waals surface area contributed by atoms with Gasteiger partial charge >= 0.3 is 0 Å². The second kappa shape index (κ2) is 7.60. The fraction of sp³-hybridized carbons (Fsp3) is 0.0952. The van der Waals surface area contributed by atoms with E-state index in [9.17, 15) is 4.79 Å². The average Bonchev–Trinajstić information content (AvgIpc) is 3.13. The summed E-state index contributed by atoms with van der Waals surface area (Å²) in [5.74, 6) is 0.343. The summed E-state index contributed by atoms with van der Waals surface area (Å²) in [5.41, 5.74) is 3.73. The quantitative estimate of drug-likeness (QED) is 0.555. The highest BCUT2D eigenvalue weighted by molar-refractivity contribution is 6.30. The number of fused-ring (bicyclic) bond motifs is 1. The first-order valence-corrected chi connectivity index (χ1v) is 8.90. The molecule has 0 aliphatic heterocycles.